The van der Waals surface area contributed by atoms with E-state index in [4.69, 9.17) is 27.9 Å². The van der Waals surface area contributed by atoms with Gasteiger partial charge in [0, 0.05) is 24.7 Å². The molecule has 2 aliphatic heterocycles. The zero-order valence-electron chi connectivity index (χ0n) is 19.4. The number of halogens is 2. The maximum absolute atomic E-state index is 14.0. The SMILES string of the molecule is CC1=C(C(=O)N2CC(O)C[C@H]2C(=O)OCc2ccccc2)C(c2ccc(Cl)c(Cl)c2)n2nccc2N1. The Balaban J connectivity index is 1.46. The number of aliphatic hydroxyl groups excluding tert-OH is 1. The van der Waals surface area contributed by atoms with E-state index in [9.17, 15) is 14.7 Å². The number of aliphatic hydroxyl groups is 1. The van der Waals surface area contributed by atoms with Crippen molar-refractivity contribution in [2.75, 3.05) is 11.9 Å². The first-order chi connectivity index (χ1) is 17.3. The van der Waals surface area contributed by atoms with Gasteiger partial charge in [-0.25, -0.2) is 9.48 Å². The number of esters is 1. The molecular formula is C26H24Cl2N4O4. The lowest BCUT2D eigenvalue weighted by Gasteiger charge is -2.33. The summed E-state index contributed by atoms with van der Waals surface area (Å²) in [5, 5.41) is 18.8. The molecule has 0 aliphatic carbocycles. The van der Waals surface area contributed by atoms with Crippen molar-refractivity contribution >= 4 is 40.9 Å². The van der Waals surface area contributed by atoms with Crippen LogP contribution in [0.1, 0.15) is 30.5 Å². The van der Waals surface area contributed by atoms with Crippen molar-refractivity contribution in [3.63, 3.8) is 0 Å². The smallest absolute Gasteiger partial charge is 0.329 e. The van der Waals surface area contributed by atoms with Gasteiger partial charge in [0.05, 0.1) is 27.9 Å². The maximum Gasteiger partial charge on any atom is 0.329 e. The number of β-amino-alcohol motifs (C(OH)–C–C–N with tert-alkyl or cyclic N) is 1. The molecule has 2 unspecified atom stereocenters. The Hall–Kier alpha value is -3.33. The number of ether oxygens (including phenoxy) is 1. The van der Waals surface area contributed by atoms with E-state index in [-0.39, 0.29) is 19.6 Å². The normalized spacial score (nSPS) is 21.2. The first kappa shape index (κ1) is 24.4. The maximum atomic E-state index is 14.0. The molecule has 3 aromatic rings. The zero-order valence-corrected chi connectivity index (χ0v) is 20.9. The number of hydrogen-bond donors (Lipinski definition) is 2. The number of nitrogens with zero attached hydrogens (tertiary/aromatic N) is 3. The van der Waals surface area contributed by atoms with Crippen LogP contribution in [0.4, 0.5) is 5.82 Å². The molecule has 0 bridgehead atoms. The van der Waals surface area contributed by atoms with Crippen molar-refractivity contribution < 1.29 is 19.4 Å². The van der Waals surface area contributed by atoms with Crippen LogP contribution in [0.25, 0.3) is 0 Å². The van der Waals surface area contributed by atoms with E-state index in [0.29, 0.717) is 32.7 Å². The molecule has 1 aromatic heterocycles. The van der Waals surface area contributed by atoms with E-state index < -0.39 is 30.1 Å². The Morgan fingerprint density at radius 2 is 1.92 bits per heavy atom. The van der Waals surface area contributed by atoms with Crippen LogP contribution in [0, 0.1) is 0 Å². The molecule has 186 valence electrons. The molecule has 0 spiro atoms. The van der Waals surface area contributed by atoms with E-state index in [0.717, 1.165) is 5.56 Å². The Morgan fingerprint density at radius 1 is 1.14 bits per heavy atom. The molecule has 0 saturated carbocycles. The third-order valence-electron chi connectivity index (χ3n) is 6.43. The molecule has 8 nitrogen and oxygen atoms in total. The summed E-state index contributed by atoms with van der Waals surface area (Å²) in [5.74, 6) is -0.243. The van der Waals surface area contributed by atoms with Crippen molar-refractivity contribution in [3.8, 4) is 0 Å². The molecule has 3 atom stereocenters. The molecule has 0 radical (unpaired) electrons. The molecule has 1 amide bonds. The number of benzene rings is 2. The van der Waals surface area contributed by atoms with Crippen LogP contribution in [-0.4, -0.2) is 50.4 Å². The largest absolute Gasteiger partial charge is 0.459 e. The van der Waals surface area contributed by atoms with Crippen LogP contribution < -0.4 is 5.32 Å². The van der Waals surface area contributed by atoms with Crippen molar-refractivity contribution in [1.29, 1.82) is 0 Å². The van der Waals surface area contributed by atoms with Crippen LogP contribution in [0.5, 0.6) is 0 Å². The van der Waals surface area contributed by atoms with Crippen LogP contribution in [0.2, 0.25) is 10.0 Å². The summed E-state index contributed by atoms with van der Waals surface area (Å²) in [7, 11) is 0. The number of allylic oxidation sites excluding steroid dienone is 1. The second kappa shape index (κ2) is 9.97. The summed E-state index contributed by atoms with van der Waals surface area (Å²) in [5.41, 5.74) is 2.55. The number of fused-ring (bicyclic) bond motifs is 1. The molecule has 10 heteroatoms. The van der Waals surface area contributed by atoms with Gasteiger partial charge in [0.15, 0.2) is 0 Å². The highest BCUT2D eigenvalue weighted by Crippen LogP contribution is 2.39. The second-order valence-electron chi connectivity index (χ2n) is 8.86. The molecular weight excluding hydrogens is 503 g/mol. The summed E-state index contributed by atoms with van der Waals surface area (Å²) in [4.78, 5) is 28.4. The number of amides is 1. The third kappa shape index (κ3) is 4.59. The predicted octanol–water partition coefficient (Wildman–Crippen LogP) is 4.18. The average molecular weight is 527 g/mol. The van der Waals surface area contributed by atoms with E-state index in [1.54, 1.807) is 42.1 Å². The van der Waals surface area contributed by atoms with Crippen molar-refractivity contribution in [2.45, 2.75) is 38.1 Å². The van der Waals surface area contributed by atoms with Gasteiger partial charge in [-0.05, 0) is 30.2 Å². The molecule has 1 fully saturated rings. The lowest BCUT2D eigenvalue weighted by atomic mass is 9.94. The van der Waals surface area contributed by atoms with Crippen molar-refractivity contribution in [2.24, 2.45) is 0 Å². The van der Waals surface area contributed by atoms with E-state index in [1.807, 2.05) is 30.3 Å². The first-order valence-electron chi connectivity index (χ1n) is 11.5. The van der Waals surface area contributed by atoms with Crippen molar-refractivity contribution in [3.05, 3.63) is 93.2 Å². The Kier molecular flexibility index (Phi) is 6.75. The fourth-order valence-electron chi connectivity index (χ4n) is 4.71. The number of likely N-dealkylation sites (tertiary alicyclic amines) is 1. The first-order valence-corrected chi connectivity index (χ1v) is 12.2. The standard InChI is InChI=1S/C26H24Cl2N4O4/c1-15-23(24(32-22(30-15)9-10-29-32)17-7-8-19(27)20(28)11-17)25(34)31-13-18(33)12-21(31)26(35)36-14-16-5-3-2-4-6-16/h2-11,18,21,24,30,33H,12-14H2,1H3/t18?,21-,24?/m0/s1. The van der Waals surface area contributed by atoms with Crippen LogP contribution in [0.3, 0.4) is 0 Å². The van der Waals surface area contributed by atoms with Gasteiger partial charge in [-0.2, -0.15) is 5.10 Å². The Morgan fingerprint density at radius 3 is 2.67 bits per heavy atom. The quantitative estimate of drug-likeness (QED) is 0.484. The van der Waals surface area contributed by atoms with Gasteiger partial charge in [0.2, 0.25) is 0 Å². The van der Waals surface area contributed by atoms with Gasteiger partial charge in [0.1, 0.15) is 24.5 Å². The second-order valence-corrected chi connectivity index (χ2v) is 9.67. The van der Waals surface area contributed by atoms with Crippen LogP contribution in [-0.2, 0) is 20.9 Å². The van der Waals surface area contributed by atoms with Crippen LogP contribution >= 0.6 is 23.2 Å². The monoisotopic (exact) mass is 526 g/mol. The molecule has 5 rings (SSSR count). The van der Waals surface area contributed by atoms with Crippen molar-refractivity contribution in [1.82, 2.24) is 14.7 Å². The summed E-state index contributed by atoms with van der Waals surface area (Å²) in [6.07, 6.45) is 0.893. The number of carbonyl (C=O) groups excluding carboxylic acids is 2. The van der Waals surface area contributed by atoms with Gasteiger partial charge in [0.25, 0.3) is 5.91 Å². The summed E-state index contributed by atoms with van der Waals surface area (Å²) in [6.45, 7) is 1.89. The van der Waals surface area contributed by atoms with E-state index >= 15 is 0 Å². The highest BCUT2D eigenvalue weighted by molar-refractivity contribution is 6.42. The lowest BCUT2D eigenvalue weighted by Crippen LogP contribution is -2.44. The fraction of sp³-hybridized carbons (Fsp3) is 0.269. The van der Waals surface area contributed by atoms with Gasteiger partial charge >= 0.3 is 5.97 Å². The average Bonchev–Trinajstić information content (AvgIpc) is 3.50. The molecule has 2 N–H and O–H groups in total. The Bertz CT molecular complexity index is 1340. The number of aromatic nitrogens is 2. The third-order valence-corrected chi connectivity index (χ3v) is 7.17. The minimum atomic E-state index is -0.912. The molecule has 2 aromatic carbocycles. The number of anilines is 1. The summed E-state index contributed by atoms with van der Waals surface area (Å²) >= 11 is 12.5. The number of nitrogens with one attached hydrogen (secondary N) is 1. The topological polar surface area (TPSA) is 96.7 Å². The summed E-state index contributed by atoms with van der Waals surface area (Å²) in [6, 6.07) is 14.7. The number of carbonyl (C=O) groups is 2. The number of hydrogen-bond acceptors (Lipinski definition) is 6. The summed E-state index contributed by atoms with van der Waals surface area (Å²) < 4.78 is 7.20. The Labute approximate surface area is 218 Å². The fourth-order valence-corrected chi connectivity index (χ4v) is 5.02. The molecule has 2 aliphatic rings. The van der Waals surface area contributed by atoms with E-state index in [1.165, 1.54) is 4.90 Å². The highest BCUT2D eigenvalue weighted by atomic mass is 35.5. The minimum Gasteiger partial charge on any atom is -0.459 e. The van der Waals surface area contributed by atoms with Gasteiger partial charge < -0.3 is 20.1 Å². The van der Waals surface area contributed by atoms with Gasteiger partial charge in [-0.1, -0.05) is 59.6 Å². The van der Waals surface area contributed by atoms with Crippen LogP contribution in [0.15, 0.2) is 72.1 Å². The van der Waals surface area contributed by atoms with Gasteiger partial charge in [-0.15, -0.1) is 0 Å². The molecule has 3 heterocycles. The van der Waals surface area contributed by atoms with Gasteiger partial charge in [-0.3, -0.25) is 4.79 Å². The zero-order chi connectivity index (χ0) is 25.4. The highest BCUT2D eigenvalue weighted by Gasteiger charge is 2.44. The number of rotatable bonds is 5. The van der Waals surface area contributed by atoms with E-state index in [2.05, 4.69) is 10.4 Å². The molecule has 1 saturated heterocycles. The predicted molar refractivity (Wildman–Crippen MR) is 136 cm³/mol. The molecule has 36 heavy (non-hydrogen) atoms. The lowest BCUT2D eigenvalue weighted by molar-refractivity contribution is -0.153. The minimum absolute atomic E-state index is 0.0147.